The summed E-state index contributed by atoms with van der Waals surface area (Å²) in [7, 11) is 3.80. The van der Waals surface area contributed by atoms with Crippen LogP contribution < -0.4 is 4.74 Å². The number of piperidine rings is 1. The lowest BCUT2D eigenvalue weighted by Crippen LogP contribution is -2.44. The van der Waals surface area contributed by atoms with Gasteiger partial charge in [0.05, 0.1) is 13.2 Å². The third-order valence-electron chi connectivity index (χ3n) is 6.52. The van der Waals surface area contributed by atoms with Gasteiger partial charge < -0.3 is 14.2 Å². The number of rotatable bonds is 5. The van der Waals surface area contributed by atoms with E-state index in [9.17, 15) is 4.79 Å². The molecular formula is C22H30N4O3. The van der Waals surface area contributed by atoms with Crippen molar-refractivity contribution in [3.05, 3.63) is 41.5 Å². The largest absolute Gasteiger partial charge is 0.497 e. The Morgan fingerprint density at radius 3 is 2.83 bits per heavy atom. The van der Waals surface area contributed by atoms with Crippen molar-refractivity contribution in [3.8, 4) is 5.75 Å². The van der Waals surface area contributed by atoms with Crippen molar-refractivity contribution in [1.29, 1.82) is 0 Å². The molecule has 7 nitrogen and oxygen atoms in total. The molecule has 1 unspecified atom stereocenters. The van der Waals surface area contributed by atoms with Crippen LogP contribution in [0.2, 0.25) is 0 Å². The molecule has 29 heavy (non-hydrogen) atoms. The number of ether oxygens (including phenoxy) is 1. The molecule has 1 aromatic carbocycles. The van der Waals surface area contributed by atoms with Crippen LogP contribution in [0.1, 0.15) is 49.0 Å². The van der Waals surface area contributed by atoms with Crippen LogP contribution in [0.4, 0.5) is 0 Å². The molecule has 0 saturated carbocycles. The monoisotopic (exact) mass is 398 g/mol. The molecule has 2 aliphatic heterocycles. The zero-order valence-electron chi connectivity index (χ0n) is 17.6. The van der Waals surface area contributed by atoms with Crippen molar-refractivity contribution in [2.75, 3.05) is 33.8 Å². The molecule has 7 heteroatoms. The Labute approximate surface area is 172 Å². The number of hydrogen-bond acceptors (Lipinski definition) is 6. The molecule has 2 saturated heterocycles. The summed E-state index contributed by atoms with van der Waals surface area (Å²) in [5.74, 6) is 2.50. The first kappa shape index (κ1) is 19.9. The molecule has 0 N–H and O–H groups in total. The van der Waals surface area contributed by atoms with Crippen molar-refractivity contribution >= 4 is 5.91 Å². The standard InChI is InChI=1S/C22H30N4O3/c1-16-23-21(24-29-16)19-14-22(15-25(19)2)9-11-26(12-10-22)20(27)8-7-17-5-4-6-18(13-17)28-3/h4-6,13,19H,7-12,14-15H2,1-3H3. The molecule has 2 fully saturated rings. The maximum Gasteiger partial charge on any atom is 0.223 e. The molecular weight excluding hydrogens is 368 g/mol. The van der Waals surface area contributed by atoms with Crippen molar-refractivity contribution in [3.63, 3.8) is 0 Å². The van der Waals surface area contributed by atoms with E-state index in [1.807, 2.05) is 30.0 Å². The first-order valence-electron chi connectivity index (χ1n) is 10.4. The topological polar surface area (TPSA) is 71.7 Å². The minimum Gasteiger partial charge on any atom is -0.497 e. The van der Waals surface area contributed by atoms with E-state index < -0.39 is 0 Å². The highest BCUT2D eigenvalue weighted by atomic mass is 16.5. The molecule has 0 aliphatic carbocycles. The lowest BCUT2D eigenvalue weighted by Gasteiger charge is -2.39. The molecule has 3 heterocycles. The maximum absolute atomic E-state index is 12.7. The van der Waals surface area contributed by atoms with Crippen LogP contribution in [0.3, 0.4) is 0 Å². The van der Waals surface area contributed by atoms with Crippen LogP contribution in [-0.4, -0.2) is 59.6 Å². The number of amides is 1. The summed E-state index contributed by atoms with van der Waals surface area (Å²) < 4.78 is 10.4. The average Bonchev–Trinajstić information content (AvgIpc) is 3.30. The second kappa shape index (κ2) is 8.14. The van der Waals surface area contributed by atoms with E-state index in [4.69, 9.17) is 9.26 Å². The van der Waals surface area contributed by atoms with Gasteiger partial charge in [-0.2, -0.15) is 4.98 Å². The predicted octanol–water partition coefficient (Wildman–Crippen LogP) is 3.00. The Morgan fingerprint density at radius 1 is 1.34 bits per heavy atom. The summed E-state index contributed by atoms with van der Waals surface area (Å²) >= 11 is 0. The molecule has 1 atom stereocenters. The fourth-order valence-electron chi connectivity index (χ4n) is 4.84. The number of aryl methyl sites for hydroxylation is 2. The van der Waals surface area contributed by atoms with Gasteiger partial charge in [-0.3, -0.25) is 9.69 Å². The summed E-state index contributed by atoms with van der Waals surface area (Å²) in [5.41, 5.74) is 1.39. The van der Waals surface area contributed by atoms with Crippen molar-refractivity contribution in [1.82, 2.24) is 19.9 Å². The summed E-state index contributed by atoms with van der Waals surface area (Å²) in [6, 6.07) is 8.17. The number of carbonyl (C=O) groups excluding carboxylic acids is 1. The number of benzene rings is 1. The van der Waals surface area contributed by atoms with E-state index in [1.165, 1.54) is 0 Å². The number of aromatic nitrogens is 2. The van der Waals surface area contributed by atoms with Crippen LogP contribution in [0.25, 0.3) is 0 Å². The lowest BCUT2D eigenvalue weighted by atomic mass is 9.76. The van der Waals surface area contributed by atoms with Gasteiger partial charge in [-0.15, -0.1) is 0 Å². The van der Waals surface area contributed by atoms with E-state index in [-0.39, 0.29) is 17.4 Å². The Morgan fingerprint density at radius 2 is 2.14 bits per heavy atom. The van der Waals surface area contributed by atoms with Crippen LogP contribution in [0.15, 0.2) is 28.8 Å². The lowest BCUT2D eigenvalue weighted by molar-refractivity contribution is -0.133. The quantitative estimate of drug-likeness (QED) is 0.771. The van der Waals surface area contributed by atoms with Crippen molar-refractivity contribution in [2.24, 2.45) is 5.41 Å². The van der Waals surface area contributed by atoms with Crippen LogP contribution in [-0.2, 0) is 11.2 Å². The van der Waals surface area contributed by atoms with Gasteiger partial charge in [0.25, 0.3) is 0 Å². The van der Waals surface area contributed by atoms with Gasteiger partial charge in [0.15, 0.2) is 5.82 Å². The van der Waals surface area contributed by atoms with E-state index >= 15 is 0 Å². The summed E-state index contributed by atoms with van der Waals surface area (Å²) in [5, 5.41) is 4.13. The second-order valence-corrected chi connectivity index (χ2v) is 8.54. The first-order chi connectivity index (χ1) is 14.0. The maximum atomic E-state index is 12.7. The van der Waals surface area contributed by atoms with Gasteiger partial charge in [-0.05, 0) is 55.8 Å². The van der Waals surface area contributed by atoms with Crippen LogP contribution >= 0.6 is 0 Å². The van der Waals surface area contributed by atoms with E-state index in [1.54, 1.807) is 7.11 Å². The Hall–Kier alpha value is -2.41. The third kappa shape index (κ3) is 4.29. The van der Waals surface area contributed by atoms with Gasteiger partial charge in [0.2, 0.25) is 11.8 Å². The van der Waals surface area contributed by atoms with Gasteiger partial charge in [-0.25, -0.2) is 0 Å². The van der Waals surface area contributed by atoms with Crippen molar-refractivity contribution < 1.29 is 14.1 Å². The third-order valence-corrected chi connectivity index (χ3v) is 6.52. The van der Waals surface area contributed by atoms with Crippen molar-refractivity contribution in [2.45, 2.75) is 45.1 Å². The molecule has 1 aromatic heterocycles. The molecule has 156 valence electrons. The normalized spacial score (nSPS) is 21.6. The predicted molar refractivity (Wildman–Crippen MR) is 109 cm³/mol. The minimum atomic E-state index is 0.211. The van der Waals surface area contributed by atoms with E-state index in [2.05, 4.69) is 28.2 Å². The second-order valence-electron chi connectivity index (χ2n) is 8.54. The Kier molecular flexibility index (Phi) is 5.58. The number of nitrogens with zero attached hydrogens (tertiary/aromatic N) is 4. The van der Waals surface area contributed by atoms with E-state index in [0.717, 1.165) is 62.5 Å². The van der Waals surface area contributed by atoms with Gasteiger partial charge in [-0.1, -0.05) is 17.3 Å². The van der Waals surface area contributed by atoms with Gasteiger partial charge in [0.1, 0.15) is 5.75 Å². The molecule has 1 amide bonds. The highest BCUT2D eigenvalue weighted by molar-refractivity contribution is 5.76. The average molecular weight is 399 g/mol. The fourth-order valence-corrected chi connectivity index (χ4v) is 4.84. The Balaban J connectivity index is 1.30. The SMILES string of the molecule is COc1cccc(CCC(=O)N2CCC3(CC2)CC(c2noc(C)n2)N(C)C3)c1. The number of likely N-dealkylation sites (tertiary alicyclic amines) is 2. The molecule has 0 bridgehead atoms. The smallest absolute Gasteiger partial charge is 0.223 e. The van der Waals surface area contributed by atoms with Crippen LogP contribution in [0.5, 0.6) is 5.75 Å². The van der Waals surface area contributed by atoms with Crippen LogP contribution in [0, 0.1) is 12.3 Å². The van der Waals surface area contributed by atoms with E-state index in [0.29, 0.717) is 12.3 Å². The van der Waals surface area contributed by atoms with Gasteiger partial charge in [0, 0.05) is 33.0 Å². The highest BCUT2D eigenvalue weighted by Gasteiger charge is 2.46. The number of methoxy groups -OCH3 is 1. The molecule has 2 aliphatic rings. The zero-order chi connectivity index (χ0) is 20.4. The highest BCUT2D eigenvalue weighted by Crippen LogP contribution is 2.47. The Bertz CT molecular complexity index is 857. The first-order valence-corrected chi connectivity index (χ1v) is 10.4. The molecule has 0 radical (unpaired) electrons. The summed E-state index contributed by atoms with van der Waals surface area (Å²) in [4.78, 5) is 21.5. The van der Waals surface area contributed by atoms with Gasteiger partial charge >= 0.3 is 0 Å². The fraction of sp³-hybridized carbons (Fsp3) is 0.591. The molecule has 2 aromatic rings. The zero-order valence-corrected chi connectivity index (χ0v) is 17.6. The molecule has 1 spiro atoms. The summed E-state index contributed by atoms with van der Waals surface area (Å²) in [6.45, 7) is 4.53. The molecule has 4 rings (SSSR count). The summed E-state index contributed by atoms with van der Waals surface area (Å²) in [6.07, 6.45) is 4.41. The number of carbonyl (C=O) groups is 1. The number of hydrogen-bond donors (Lipinski definition) is 0. The minimum absolute atomic E-state index is 0.211.